The second-order valence-electron chi connectivity index (χ2n) is 4.62. The molecule has 0 heterocycles. The Labute approximate surface area is 137 Å². The Hall–Kier alpha value is -1.36. The van der Waals surface area contributed by atoms with Crippen LogP contribution in [-0.2, 0) is 13.1 Å². The van der Waals surface area contributed by atoms with Crippen LogP contribution in [0.4, 0.5) is 0 Å². The standard InChI is InChI=1S/C16H16BrClN2O/c1-19-16(21)12-4-2-11(3-5-12)9-20-10-13-8-14(18)6-7-15(13)17/h2-8,20H,9-10H2,1H3,(H,19,21). The van der Waals surface area contributed by atoms with Gasteiger partial charge in [0.25, 0.3) is 5.91 Å². The van der Waals surface area contributed by atoms with Gasteiger partial charge < -0.3 is 10.6 Å². The summed E-state index contributed by atoms with van der Waals surface area (Å²) in [6.07, 6.45) is 0. The summed E-state index contributed by atoms with van der Waals surface area (Å²) in [5.41, 5.74) is 2.91. The molecule has 0 unspecified atom stereocenters. The van der Waals surface area contributed by atoms with E-state index in [9.17, 15) is 4.79 Å². The minimum absolute atomic E-state index is 0.0719. The summed E-state index contributed by atoms with van der Waals surface area (Å²) in [4.78, 5) is 11.4. The molecule has 0 radical (unpaired) electrons. The molecule has 0 saturated carbocycles. The lowest BCUT2D eigenvalue weighted by atomic mass is 10.1. The third-order valence-electron chi connectivity index (χ3n) is 3.10. The van der Waals surface area contributed by atoms with Crippen LogP contribution < -0.4 is 10.6 Å². The third kappa shape index (κ3) is 4.56. The fraction of sp³-hybridized carbons (Fsp3) is 0.188. The van der Waals surface area contributed by atoms with E-state index < -0.39 is 0 Å². The molecule has 2 N–H and O–H groups in total. The van der Waals surface area contributed by atoms with Gasteiger partial charge in [-0.15, -0.1) is 0 Å². The van der Waals surface area contributed by atoms with Crippen molar-refractivity contribution in [2.45, 2.75) is 13.1 Å². The van der Waals surface area contributed by atoms with Crippen molar-refractivity contribution < 1.29 is 4.79 Å². The number of halogens is 2. The van der Waals surface area contributed by atoms with E-state index >= 15 is 0 Å². The Morgan fingerprint density at radius 3 is 2.52 bits per heavy atom. The average Bonchev–Trinajstić information content (AvgIpc) is 2.50. The van der Waals surface area contributed by atoms with Gasteiger partial charge in [-0.25, -0.2) is 0 Å². The zero-order valence-corrected chi connectivity index (χ0v) is 14.0. The first kappa shape index (κ1) is 16.0. The van der Waals surface area contributed by atoms with Gasteiger partial charge >= 0.3 is 0 Å². The molecule has 0 fully saturated rings. The SMILES string of the molecule is CNC(=O)c1ccc(CNCc2cc(Cl)ccc2Br)cc1. The minimum Gasteiger partial charge on any atom is -0.355 e. The summed E-state index contributed by atoms with van der Waals surface area (Å²) in [5.74, 6) is -0.0719. The van der Waals surface area contributed by atoms with Crippen molar-refractivity contribution in [3.63, 3.8) is 0 Å². The largest absolute Gasteiger partial charge is 0.355 e. The van der Waals surface area contributed by atoms with Gasteiger partial charge in [0.2, 0.25) is 0 Å². The van der Waals surface area contributed by atoms with Crippen molar-refractivity contribution >= 4 is 33.4 Å². The van der Waals surface area contributed by atoms with E-state index in [0.29, 0.717) is 5.56 Å². The summed E-state index contributed by atoms with van der Waals surface area (Å²) in [6, 6.07) is 13.3. The Balaban J connectivity index is 1.91. The molecule has 0 saturated heterocycles. The Morgan fingerprint density at radius 2 is 1.86 bits per heavy atom. The second kappa shape index (κ2) is 7.59. The van der Waals surface area contributed by atoms with E-state index in [0.717, 1.165) is 33.7 Å². The highest BCUT2D eigenvalue weighted by Gasteiger charge is 2.03. The van der Waals surface area contributed by atoms with Crippen molar-refractivity contribution in [3.8, 4) is 0 Å². The van der Waals surface area contributed by atoms with Gasteiger partial charge in [0, 0.05) is 35.2 Å². The quantitative estimate of drug-likeness (QED) is 0.845. The topological polar surface area (TPSA) is 41.1 Å². The maximum Gasteiger partial charge on any atom is 0.251 e. The van der Waals surface area contributed by atoms with E-state index in [2.05, 4.69) is 26.6 Å². The fourth-order valence-corrected chi connectivity index (χ4v) is 2.52. The highest BCUT2D eigenvalue weighted by Crippen LogP contribution is 2.21. The summed E-state index contributed by atoms with van der Waals surface area (Å²) in [6.45, 7) is 1.45. The molecule has 2 aromatic rings. The van der Waals surface area contributed by atoms with Crippen molar-refractivity contribution in [1.82, 2.24) is 10.6 Å². The number of nitrogens with one attached hydrogen (secondary N) is 2. The number of benzene rings is 2. The lowest BCUT2D eigenvalue weighted by Crippen LogP contribution is -2.18. The summed E-state index contributed by atoms with van der Waals surface area (Å²) in [5, 5.41) is 6.69. The van der Waals surface area contributed by atoms with Crippen molar-refractivity contribution in [2.75, 3.05) is 7.05 Å². The van der Waals surface area contributed by atoms with Gasteiger partial charge in [-0.05, 0) is 41.5 Å². The van der Waals surface area contributed by atoms with Gasteiger partial charge in [-0.2, -0.15) is 0 Å². The fourth-order valence-electron chi connectivity index (χ4n) is 1.94. The smallest absolute Gasteiger partial charge is 0.251 e. The molecule has 110 valence electrons. The normalized spacial score (nSPS) is 10.4. The van der Waals surface area contributed by atoms with Crippen molar-refractivity contribution in [3.05, 3.63) is 68.7 Å². The highest BCUT2D eigenvalue weighted by atomic mass is 79.9. The first-order valence-electron chi connectivity index (χ1n) is 6.56. The minimum atomic E-state index is -0.0719. The van der Waals surface area contributed by atoms with Crippen LogP contribution in [0.3, 0.4) is 0 Å². The Morgan fingerprint density at radius 1 is 1.14 bits per heavy atom. The number of hydrogen-bond acceptors (Lipinski definition) is 2. The third-order valence-corrected chi connectivity index (χ3v) is 4.10. The van der Waals surface area contributed by atoms with Crippen molar-refractivity contribution in [1.29, 1.82) is 0 Å². The van der Waals surface area contributed by atoms with Crippen LogP contribution in [-0.4, -0.2) is 13.0 Å². The molecule has 1 amide bonds. The lowest BCUT2D eigenvalue weighted by Gasteiger charge is -2.08. The number of hydrogen-bond donors (Lipinski definition) is 2. The highest BCUT2D eigenvalue weighted by molar-refractivity contribution is 9.10. The molecule has 0 bridgehead atoms. The molecule has 21 heavy (non-hydrogen) atoms. The molecule has 2 rings (SSSR count). The first-order chi connectivity index (χ1) is 10.1. The molecular formula is C16H16BrClN2O. The van der Waals surface area contributed by atoms with Crippen LogP contribution in [0.1, 0.15) is 21.5 Å². The van der Waals surface area contributed by atoms with Gasteiger partial charge in [0.05, 0.1) is 0 Å². The zero-order chi connectivity index (χ0) is 15.2. The molecule has 0 aliphatic heterocycles. The van der Waals surface area contributed by atoms with E-state index in [4.69, 9.17) is 11.6 Å². The number of carbonyl (C=O) groups excluding carboxylic acids is 1. The van der Waals surface area contributed by atoms with Gasteiger partial charge in [-0.1, -0.05) is 39.7 Å². The molecule has 2 aromatic carbocycles. The van der Waals surface area contributed by atoms with Crippen LogP contribution >= 0.6 is 27.5 Å². The van der Waals surface area contributed by atoms with Crippen LogP contribution in [0.25, 0.3) is 0 Å². The molecular weight excluding hydrogens is 352 g/mol. The molecule has 0 atom stereocenters. The molecule has 0 aliphatic carbocycles. The molecule has 3 nitrogen and oxygen atoms in total. The van der Waals surface area contributed by atoms with E-state index in [1.165, 1.54) is 0 Å². The van der Waals surface area contributed by atoms with E-state index in [1.807, 2.05) is 42.5 Å². The van der Waals surface area contributed by atoms with Crippen LogP contribution in [0.2, 0.25) is 5.02 Å². The number of carbonyl (C=O) groups is 1. The summed E-state index contributed by atoms with van der Waals surface area (Å²) >= 11 is 9.49. The molecule has 5 heteroatoms. The first-order valence-corrected chi connectivity index (χ1v) is 7.73. The summed E-state index contributed by atoms with van der Waals surface area (Å²) in [7, 11) is 1.63. The maximum atomic E-state index is 11.4. The maximum absolute atomic E-state index is 11.4. The summed E-state index contributed by atoms with van der Waals surface area (Å²) < 4.78 is 1.04. The van der Waals surface area contributed by atoms with Crippen LogP contribution in [0, 0.1) is 0 Å². The molecule has 0 aromatic heterocycles. The molecule has 0 aliphatic rings. The monoisotopic (exact) mass is 366 g/mol. The van der Waals surface area contributed by atoms with Gasteiger partial charge in [0.1, 0.15) is 0 Å². The molecule has 0 spiro atoms. The van der Waals surface area contributed by atoms with Crippen LogP contribution in [0.5, 0.6) is 0 Å². The predicted octanol–water partition coefficient (Wildman–Crippen LogP) is 3.75. The Bertz CT molecular complexity index is 629. The predicted molar refractivity (Wildman–Crippen MR) is 89.5 cm³/mol. The average molecular weight is 368 g/mol. The van der Waals surface area contributed by atoms with E-state index in [1.54, 1.807) is 7.05 Å². The number of amides is 1. The van der Waals surface area contributed by atoms with Crippen molar-refractivity contribution in [2.24, 2.45) is 0 Å². The van der Waals surface area contributed by atoms with Gasteiger partial charge in [-0.3, -0.25) is 4.79 Å². The van der Waals surface area contributed by atoms with Gasteiger partial charge in [0.15, 0.2) is 0 Å². The van der Waals surface area contributed by atoms with Crippen LogP contribution in [0.15, 0.2) is 46.9 Å². The second-order valence-corrected chi connectivity index (χ2v) is 5.91. The van der Waals surface area contributed by atoms with E-state index in [-0.39, 0.29) is 5.91 Å². The zero-order valence-electron chi connectivity index (χ0n) is 11.6. The number of rotatable bonds is 5. The Kier molecular flexibility index (Phi) is 5.79. The lowest BCUT2D eigenvalue weighted by molar-refractivity contribution is 0.0963.